The summed E-state index contributed by atoms with van der Waals surface area (Å²) in [4.78, 5) is 0. The Morgan fingerprint density at radius 2 is 1.73 bits per heavy atom. The van der Waals surface area contributed by atoms with Crippen molar-refractivity contribution < 1.29 is 4.74 Å². The summed E-state index contributed by atoms with van der Waals surface area (Å²) in [6, 6.07) is 20.5. The molecule has 3 heteroatoms. The molecule has 0 fully saturated rings. The first-order valence-electron chi connectivity index (χ1n) is 9.22. The highest BCUT2D eigenvalue weighted by molar-refractivity contribution is 6.31. The highest BCUT2D eigenvalue weighted by atomic mass is 35.5. The minimum Gasteiger partial charge on any atom is -0.488 e. The van der Waals surface area contributed by atoms with Gasteiger partial charge in [0.2, 0.25) is 0 Å². The van der Waals surface area contributed by atoms with E-state index in [1.54, 1.807) is 0 Å². The molecule has 0 atom stereocenters. The van der Waals surface area contributed by atoms with Crippen LogP contribution in [0.2, 0.25) is 5.02 Å². The molecule has 3 aromatic rings. The molecule has 0 radical (unpaired) electrons. The summed E-state index contributed by atoms with van der Waals surface area (Å²) < 4.78 is 6.17. The largest absolute Gasteiger partial charge is 0.488 e. The average molecular weight is 368 g/mol. The Labute approximate surface area is 161 Å². The SMILES string of the molecule is CC(C)CCNCc1c(OCc2ccccc2Cl)ccc2ccccc12. The molecule has 0 heterocycles. The second-order valence-corrected chi connectivity index (χ2v) is 7.41. The quantitative estimate of drug-likeness (QED) is 0.478. The molecule has 0 saturated carbocycles. The van der Waals surface area contributed by atoms with Crippen molar-refractivity contribution in [2.24, 2.45) is 5.92 Å². The van der Waals surface area contributed by atoms with Crippen molar-refractivity contribution in [3.8, 4) is 5.75 Å². The Morgan fingerprint density at radius 3 is 2.54 bits per heavy atom. The van der Waals surface area contributed by atoms with Gasteiger partial charge >= 0.3 is 0 Å². The minimum atomic E-state index is 0.469. The molecule has 0 aromatic heterocycles. The van der Waals surface area contributed by atoms with E-state index in [2.05, 4.69) is 55.6 Å². The molecule has 3 rings (SSSR count). The fourth-order valence-electron chi connectivity index (χ4n) is 3.01. The van der Waals surface area contributed by atoms with Gasteiger partial charge in [-0.05, 0) is 41.8 Å². The van der Waals surface area contributed by atoms with Crippen LogP contribution in [0.5, 0.6) is 5.75 Å². The third-order valence-electron chi connectivity index (χ3n) is 4.54. The smallest absolute Gasteiger partial charge is 0.124 e. The zero-order chi connectivity index (χ0) is 18.4. The summed E-state index contributed by atoms with van der Waals surface area (Å²) in [6.45, 7) is 6.77. The maximum Gasteiger partial charge on any atom is 0.124 e. The van der Waals surface area contributed by atoms with Crippen LogP contribution in [0, 0.1) is 5.92 Å². The Morgan fingerprint density at radius 1 is 0.962 bits per heavy atom. The molecule has 0 aliphatic carbocycles. The van der Waals surface area contributed by atoms with E-state index in [0.717, 1.165) is 29.4 Å². The van der Waals surface area contributed by atoms with Crippen LogP contribution in [0.1, 0.15) is 31.4 Å². The first-order valence-corrected chi connectivity index (χ1v) is 9.60. The first kappa shape index (κ1) is 18.8. The van der Waals surface area contributed by atoms with Crippen LogP contribution < -0.4 is 10.1 Å². The van der Waals surface area contributed by atoms with Gasteiger partial charge in [0.25, 0.3) is 0 Å². The number of ether oxygens (including phenoxy) is 1. The Balaban J connectivity index is 1.81. The van der Waals surface area contributed by atoms with Crippen LogP contribution in [-0.4, -0.2) is 6.54 Å². The molecule has 0 spiro atoms. The molecule has 136 valence electrons. The monoisotopic (exact) mass is 367 g/mol. The van der Waals surface area contributed by atoms with E-state index in [1.807, 2.05) is 24.3 Å². The van der Waals surface area contributed by atoms with Crippen molar-refractivity contribution in [3.63, 3.8) is 0 Å². The second-order valence-electron chi connectivity index (χ2n) is 7.00. The molecule has 0 amide bonds. The second kappa shape index (κ2) is 9.07. The van der Waals surface area contributed by atoms with Crippen molar-refractivity contribution in [1.29, 1.82) is 0 Å². The molecule has 0 aliphatic rings. The lowest BCUT2D eigenvalue weighted by Crippen LogP contribution is -2.17. The lowest BCUT2D eigenvalue weighted by molar-refractivity contribution is 0.302. The highest BCUT2D eigenvalue weighted by Gasteiger charge is 2.10. The maximum atomic E-state index is 6.26. The molecule has 1 N–H and O–H groups in total. The van der Waals surface area contributed by atoms with Crippen LogP contribution in [0.25, 0.3) is 10.8 Å². The molecule has 0 saturated heterocycles. The van der Waals surface area contributed by atoms with E-state index in [9.17, 15) is 0 Å². The first-order chi connectivity index (χ1) is 12.6. The van der Waals surface area contributed by atoms with E-state index in [0.29, 0.717) is 12.5 Å². The maximum absolute atomic E-state index is 6.26. The van der Waals surface area contributed by atoms with Gasteiger partial charge in [-0.25, -0.2) is 0 Å². The fraction of sp³-hybridized carbons (Fsp3) is 0.304. The predicted octanol–water partition coefficient (Wildman–Crippen LogP) is 6.21. The third-order valence-corrected chi connectivity index (χ3v) is 4.91. The predicted molar refractivity (Wildman–Crippen MR) is 111 cm³/mol. The number of fused-ring (bicyclic) bond motifs is 1. The average Bonchev–Trinajstić information content (AvgIpc) is 2.65. The molecular formula is C23H26ClNO. The van der Waals surface area contributed by atoms with Gasteiger partial charge in [-0.1, -0.05) is 74.0 Å². The number of nitrogens with one attached hydrogen (secondary N) is 1. The van der Waals surface area contributed by atoms with Gasteiger partial charge in [-0.2, -0.15) is 0 Å². The van der Waals surface area contributed by atoms with Gasteiger partial charge in [0.15, 0.2) is 0 Å². The van der Waals surface area contributed by atoms with Crippen molar-refractivity contribution in [2.45, 2.75) is 33.4 Å². The summed E-state index contributed by atoms with van der Waals surface area (Å²) >= 11 is 6.26. The minimum absolute atomic E-state index is 0.469. The number of hydrogen-bond donors (Lipinski definition) is 1. The molecule has 2 nitrogen and oxygen atoms in total. The number of halogens is 1. The van der Waals surface area contributed by atoms with Gasteiger partial charge in [-0.15, -0.1) is 0 Å². The lowest BCUT2D eigenvalue weighted by Gasteiger charge is -2.16. The highest BCUT2D eigenvalue weighted by Crippen LogP contribution is 2.29. The normalized spacial score (nSPS) is 11.2. The topological polar surface area (TPSA) is 21.3 Å². The van der Waals surface area contributed by atoms with Crippen molar-refractivity contribution in [1.82, 2.24) is 5.32 Å². The van der Waals surface area contributed by atoms with Gasteiger partial charge in [0.05, 0.1) is 0 Å². The molecular weight excluding hydrogens is 342 g/mol. The summed E-state index contributed by atoms with van der Waals surface area (Å²) in [5, 5.41) is 6.78. The van der Waals surface area contributed by atoms with Crippen LogP contribution in [0.15, 0.2) is 60.7 Å². The van der Waals surface area contributed by atoms with E-state index in [1.165, 1.54) is 22.8 Å². The zero-order valence-electron chi connectivity index (χ0n) is 15.5. The van der Waals surface area contributed by atoms with Crippen molar-refractivity contribution in [2.75, 3.05) is 6.54 Å². The van der Waals surface area contributed by atoms with E-state index in [4.69, 9.17) is 16.3 Å². The standard InChI is InChI=1S/C23H26ClNO/c1-17(2)13-14-25-15-21-20-9-5-3-7-18(20)11-12-23(21)26-16-19-8-4-6-10-22(19)24/h3-12,17,25H,13-16H2,1-2H3. The Hall–Kier alpha value is -2.03. The van der Waals surface area contributed by atoms with E-state index in [-0.39, 0.29) is 0 Å². The summed E-state index contributed by atoms with van der Waals surface area (Å²) in [5.74, 6) is 1.62. The Bertz CT molecular complexity index is 860. The van der Waals surface area contributed by atoms with Crippen molar-refractivity contribution in [3.05, 3.63) is 76.8 Å². The van der Waals surface area contributed by atoms with Crippen LogP contribution in [-0.2, 0) is 13.2 Å². The molecule has 0 bridgehead atoms. The van der Waals surface area contributed by atoms with Gasteiger partial charge < -0.3 is 10.1 Å². The van der Waals surface area contributed by atoms with Crippen molar-refractivity contribution >= 4 is 22.4 Å². The Kier molecular flexibility index (Phi) is 6.54. The molecule has 0 aliphatic heterocycles. The van der Waals surface area contributed by atoms with Gasteiger partial charge in [-0.3, -0.25) is 0 Å². The molecule has 3 aromatic carbocycles. The number of rotatable bonds is 8. The van der Waals surface area contributed by atoms with Crippen LogP contribution >= 0.6 is 11.6 Å². The van der Waals surface area contributed by atoms with Gasteiger partial charge in [0.1, 0.15) is 12.4 Å². The van der Waals surface area contributed by atoms with E-state index < -0.39 is 0 Å². The lowest BCUT2D eigenvalue weighted by atomic mass is 10.0. The summed E-state index contributed by atoms with van der Waals surface area (Å²) in [5.41, 5.74) is 2.21. The molecule has 0 unspecified atom stereocenters. The van der Waals surface area contributed by atoms with E-state index >= 15 is 0 Å². The third kappa shape index (κ3) is 4.78. The summed E-state index contributed by atoms with van der Waals surface area (Å²) in [6.07, 6.45) is 1.17. The number of benzene rings is 3. The summed E-state index contributed by atoms with van der Waals surface area (Å²) in [7, 11) is 0. The number of hydrogen-bond acceptors (Lipinski definition) is 2. The zero-order valence-corrected chi connectivity index (χ0v) is 16.2. The van der Waals surface area contributed by atoms with Crippen LogP contribution in [0.4, 0.5) is 0 Å². The molecule has 26 heavy (non-hydrogen) atoms. The van der Waals surface area contributed by atoms with Crippen LogP contribution in [0.3, 0.4) is 0 Å². The fourth-order valence-corrected chi connectivity index (χ4v) is 3.20. The van der Waals surface area contributed by atoms with Gasteiger partial charge in [0, 0.05) is 22.7 Å².